The van der Waals surface area contributed by atoms with Crippen LogP contribution in [0, 0.1) is 20.8 Å². The van der Waals surface area contributed by atoms with Crippen LogP contribution in [0.3, 0.4) is 0 Å². The Kier molecular flexibility index (Phi) is 5.79. The van der Waals surface area contributed by atoms with Gasteiger partial charge in [-0.3, -0.25) is 4.79 Å². The summed E-state index contributed by atoms with van der Waals surface area (Å²) in [5.74, 6) is 0.136. The molecule has 1 saturated heterocycles. The Balaban J connectivity index is 1.72. The molecule has 0 radical (unpaired) electrons. The first-order chi connectivity index (χ1) is 15.1. The molecule has 0 N–H and O–H groups in total. The highest BCUT2D eigenvalue weighted by Crippen LogP contribution is 2.31. The van der Waals surface area contributed by atoms with E-state index in [2.05, 4.69) is 0 Å². The first-order valence-corrected chi connectivity index (χ1v) is 12.7. The van der Waals surface area contributed by atoms with Crippen LogP contribution in [-0.4, -0.2) is 50.9 Å². The Morgan fingerprint density at radius 3 is 2.31 bits per heavy atom. The van der Waals surface area contributed by atoms with Crippen LogP contribution in [0.25, 0.3) is 11.0 Å². The zero-order valence-corrected chi connectivity index (χ0v) is 20.1. The summed E-state index contributed by atoms with van der Waals surface area (Å²) in [6, 6.07) is 11.6. The molecule has 1 aliphatic rings. The number of benzene rings is 2. The summed E-state index contributed by atoms with van der Waals surface area (Å²) in [6.07, 6.45) is 0.446. The van der Waals surface area contributed by atoms with Crippen LogP contribution in [0.15, 0.2) is 40.8 Å². The van der Waals surface area contributed by atoms with Gasteiger partial charge in [-0.15, -0.1) is 0 Å². The molecule has 1 aromatic heterocycles. The molecule has 32 heavy (non-hydrogen) atoms. The van der Waals surface area contributed by atoms with Gasteiger partial charge in [0.05, 0.1) is 11.5 Å². The number of rotatable bonds is 5. The highest BCUT2D eigenvalue weighted by Gasteiger charge is 2.36. The molecular weight excluding hydrogens is 424 g/mol. The number of furan rings is 1. The van der Waals surface area contributed by atoms with Gasteiger partial charge in [-0.1, -0.05) is 12.1 Å². The minimum absolute atomic E-state index is 0.00792. The lowest BCUT2D eigenvalue weighted by Crippen LogP contribution is -2.40. The molecule has 2 aromatic carbocycles. The zero-order valence-electron chi connectivity index (χ0n) is 19.3. The van der Waals surface area contributed by atoms with E-state index in [1.165, 1.54) is 0 Å². The normalized spacial score (nSPS) is 17.6. The Hall–Kier alpha value is -2.80. The van der Waals surface area contributed by atoms with E-state index in [0.29, 0.717) is 24.3 Å². The van der Waals surface area contributed by atoms with Crippen molar-refractivity contribution < 1.29 is 17.6 Å². The second-order valence-corrected chi connectivity index (χ2v) is 11.3. The molecule has 3 aromatic rings. The van der Waals surface area contributed by atoms with Gasteiger partial charge in [0.1, 0.15) is 5.58 Å². The number of hydrogen-bond donors (Lipinski definition) is 0. The molecule has 1 fully saturated rings. The number of sulfone groups is 1. The second-order valence-electron chi connectivity index (χ2n) is 9.04. The largest absolute Gasteiger partial charge is 0.451 e. The van der Waals surface area contributed by atoms with Gasteiger partial charge in [0.2, 0.25) is 0 Å². The predicted molar refractivity (Wildman–Crippen MR) is 128 cm³/mol. The summed E-state index contributed by atoms with van der Waals surface area (Å²) < 4.78 is 30.4. The van der Waals surface area contributed by atoms with Crippen LogP contribution in [0.4, 0.5) is 5.69 Å². The molecule has 0 bridgehead atoms. The number of hydrogen-bond acceptors (Lipinski definition) is 5. The van der Waals surface area contributed by atoms with Gasteiger partial charge in [-0.05, 0) is 68.1 Å². The van der Waals surface area contributed by atoms with E-state index in [-0.39, 0.29) is 23.5 Å². The van der Waals surface area contributed by atoms with Gasteiger partial charge in [-0.2, -0.15) is 0 Å². The van der Waals surface area contributed by atoms with Crippen LogP contribution in [0.1, 0.15) is 39.2 Å². The third kappa shape index (κ3) is 4.26. The average Bonchev–Trinajstić information content (AvgIpc) is 3.25. The minimum atomic E-state index is -3.14. The van der Waals surface area contributed by atoms with E-state index in [9.17, 15) is 13.2 Å². The molecule has 0 unspecified atom stereocenters. The van der Waals surface area contributed by atoms with E-state index < -0.39 is 9.84 Å². The van der Waals surface area contributed by atoms with E-state index >= 15 is 0 Å². The van der Waals surface area contributed by atoms with Crippen molar-refractivity contribution in [1.82, 2.24) is 4.90 Å². The fraction of sp³-hybridized carbons (Fsp3) is 0.400. The van der Waals surface area contributed by atoms with Crippen molar-refractivity contribution in [2.75, 3.05) is 30.5 Å². The molecule has 4 rings (SSSR count). The molecular formula is C25H30N2O4S. The van der Waals surface area contributed by atoms with E-state index in [1.54, 1.807) is 4.90 Å². The quantitative estimate of drug-likeness (QED) is 0.576. The third-order valence-corrected chi connectivity index (χ3v) is 8.21. The van der Waals surface area contributed by atoms with Gasteiger partial charge in [0.15, 0.2) is 15.6 Å². The molecule has 170 valence electrons. The lowest BCUT2D eigenvalue weighted by Gasteiger charge is -2.28. The number of anilines is 1. The third-order valence-electron chi connectivity index (χ3n) is 6.46. The van der Waals surface area contributed by atoms with Crippen molar-refractivity contribution in [3.05, 3.63) is 64.4 Å². The van der Waals surface area contributed by atoms with Crippen molar-refractivity contribution in [3.8, 4) is 0 Å². The summed E-state index contributed by atoms with van der Waals surface area (Å²) in [4.78, 5) is 17.4. The average molecular weight is 455 g/mol. The van der Waals surface area contributed by atoms with Crippen molar-refractivity contribution >= 4 is 32.4 Å². The number of amides is 1. The number of nitrogens with zero attached hydrogens (tertiary/aromatic N) is 2. The van der Waals surface area contributed by atoms with E-state index in [1.807, 2.05) is 76.2 Å². The lowest BCUT2D eigenvalue weighted by molar-refractivity contribution is 0.0649. The molecule has 6 nitrogen and oxygen atoms in total. The van der Waals surface area contributed by atoms with Gasteiger partial charge >= 0.3 is 0 Å². The maximum absolute atomic E-state index is 13.7. The summed E-state index contributed by atoms with van der Waals surface area (Å²) in [6.45, 7) is 6.28. The molecule has 1 aliphatic heterocycles. The van der Waals surface area contributed by atoms with Crippen LogP contribution < -0.4 is 4.90 Å². The van der Waals surface area contributed by atoms with Crippen molar-refractivity contribution in [2.45, 2.75) is 39.8 Å². The molecule has 7 heteroatoms. The summed E-state index contributed by atoms with van der Waals surface area (Å²) in [5, 5.41) is 0.922. The Morgan fingerprint density at radius 2 is 1.72 bits per heavy atom. The number of carbonyl (C=O) groups is 1. The topological polar surface area (TPSA) is 70.8 Å². The molecule has 1 atom stereocenters. The number of aryl methyl sites for hydroxylation is 3. The highest BCUT2D eigenvalue weighted by atomic mass is 32.2. The van der Waals surface area contributed by atoms with Crippen LogP contribution in [0.2, 0.25) is 0 Å². The van der Waals surface area contributed by atoms with Crippen molar-refractivity contribution in [2.24, 2.45) is 0 Å². The lowest BCUT2D eigenvalue weighted by atomic mass is 10.0. The van der Waals surface area contributed by atoms with Crippen molar-refractivity contribution in [1.29, 1.82) is 0 Å². The van der Waals surface area contributed by atoms with Crippen LogP contribution in [0.5, 0.6) is 0 Å². The standard InChI is InChI=1S/C25H30N2O4S/c1-16-12-22-18(3)24(31-23(22)13-17(16)2)25(28)27(21-10-11-32(29,30)15-21)14-19-6-8-20(9-7-19)26(4)5/h6-9,12-13,21H,10-11,14-15H2,1-5H3/t21-/m0/s1. The number of fused-ring (bicyclic) bond motifs is 1. The monoisotopic (exact) mass is 454 g/mol. The number of carbonyl (C=O) groups excluding carboxylic acids is 1. The van der Waals surface area contributed by atoms with Crippen molar-refractivity contribution in [3.63, 3.8) is 0 Å². The fourth-order valence-corrected chi connectivity index (χ4v) is 6.03. The maximum Gasteiger partial charge on any atom is 0.290 e. The Labute approximate surface area is 189 Å². The Morgan fingerprint density at radius 1 is 1.06 bits per heavy atom. The predicted octanol–water partition coefficient (Wildman–Crippen LogP) is 4.25. The molecule has 0 spiro atoms. The Bertz CT molecular complexity index is 1270. The van der Waals surface area contributed by atoms with Gasteiger partial charge < -0.3 is 14.2 Å². The fourth-order valence-electron chi connectivity index (χ4n) is 4.29. The molecule has 0 saturated carbocycles. The minimum Gasteiger partial charge on any atom is -0.451 e. The van der Waals surface area contributed by atoms with E-state index in [0.717, 1.165) is 33.3 Å². The smallest absolute Gasteiger partial charge is 0.290 e. The first-order valence-electron chi connectivity index (χ1n) is 10.8. The second kappa shape index (κ2) is 8.28. The summed E-state index contributed by atoms with van der Waals surface area (Å²) in [5.41, 5.74) is 5.73. The summed E-state index contributed by atoms with van der Waals surface area (Å²) >= 11 is 0. The maximum atomic E-state index is 13.7. The van der Waals surface area contributed by atoms with E-state index in [4.69, 9.17) is 4.42 Å². The first kappa shape index (κ1) is 22.4. The summed E-state index contributed by atoms with van der Waals surface area (Å²) in [7, 11) is 0.805. The molecule has 1 amide bonds. The van der Waals surface area contributed by atoms with Crippen LogP contribution in [-0.2, 0) is 16.4 Å². The van der Waals surface area contributed by atoms with Crippen LogP contribution >= 0.6 is 0 Å². The zero-order chi connectivity index (χ0) is 23.2. The molecule has 0 aliphatic carbocycles. The molecule has 2 heterocycles. The SMILES string of the molecule is Cc1cc2oc(C(=O)N(Cc3ccc(N(C)C)cc3)[C@H]3CCS(=O)(=O)C3)c(C)c2cc1C. The highest BCUT2D eigenvalue weighted by molar-refractivity contribution is 7.91. The van der Waals surface area contributed by atoms with Gasteiger partial charge in [0, 0.05) is 43.3 Å². The van der Waals surface area contributed by atoms with Gasteiger partial charge in [-0.25, -0.2) is 8.42 Å². The van der Waals surface area contributed by atoms with Gasteiger partial charge in [0.25, 0.3) is 5.91 Å².